The summed E-state index contributed by atoms with van der Waals surface area (Å²) >= 11 is 0. The molecular formula is C13H22O4Si. The van der Waals surface area contributed by atoms with Gasteiger partial charge in [0.05, 0.1) is 0 Å². The third-order valence-electron chi connectivity index (χ3n) is 2.40. The van der Waals surface area contributed by atoms with Crippen molar-refractivity contribution in [3.05, 3.63) is 35.9 Å². The van der Waals surface area contributed by atoms with Crippen molar-refractivity contribution in [2.45, 2.75) is 20.3 Å². The highest BCUT2D eigenvalue weighted by atomic mass is 28.4. The Morgan fingerprint density at radius 1 is 0.944 bits per heavy atom. The van der Waals surface area contributed by atoms with Crippen LogP contribution in [0, 0.1) is 0 Å². The van der Waals surface area contributed by atoms with Gasteiger partial charge in [0.1, 0.15) is 0 Å². The van der Waals surface area contributed by atoms with Crippen molar-refractivity contribution in [2.75, 3.05) is 26.9 Å². The molecule has 1 aromatic rings. The molecule has 0 spiro atoms. The molecule has 0 aliphatic heterocycles. The molecule has 0 aliphatic rings. The Hall–Kier alpha value is -0.723. The highest BCUT2D eigenvalue weighted by Crippen LogP contribution is 2.11. The van der Waals surface area contributed by atoms with E-state index < -0.39 is 9.05 Å². The van der Waals surface area contributed by atoms with Crippen molar-refractivity contribution in [3.8, 4) is 0 Å². The van der Waals surface area contributed by atoms with Crippen LogP contribution in [0.1, 0.15) is 19.4 Å². The van der Waals surface area contributed by atoms with E-state index in [4.69, 9.17) is 17.7 Å². The zero-order valence-corrected chi connectivity index (χ0v) is 12.3. The highest BCUT2D eigenvalue weighted by Gasteiger charge is 2.43. The molecular weight excluding hydrogens is 248 g/mol. The Balaban J connectivity index is 2.46. The van der Waals surface area contributed by atoms with Gasteiger partial charge < -0.3 is 17.7 Å². The van der Waals surface area contributed by atoms with E-state index in [2.05, 4.69) is 12.1 Å². The summed E-state index contributed by atoms with van der Waals surface area (Å²) in [5.74, 6) is 0. The molecule has 4 nitrogen and oxygen atoms in total. The van der Waals surface area contributed by atoms with Crippen LogP contribution < -0.4 is 0 Å². The van der Waals surface area contributed by atoms with E-state index in [1.165, 1.54) is 5.56 Å². The Labute approximate surface area is 110 Å². The molecule has 0 fully saturated rings. The molecule has 0 saturated carbocycles. The minimum absolute atomic E-state index is 0.519. The van der Waals surface area contributed by atoms with Crippen LogP contribution in [0.2, 0.25) is 0 Å². The molecule has 0 aliphatic carbocycles. The van der Waals surface area contributed by atoms with Crippen molar-refractivity contribution in [1.82, 2.24) is 0 Å². The summed E-state index contributed by atoms with van der Waals surface area (Å²) in [4.78, 5) is 0. The number of rotatable bonds is 9. The van der Waals surface area contributed by atoms with Crippen molar-refractivity contribution < 1.29 is 17.7 Å². The lowest BCUT2D eigenvalue weighted by molar-refractivity contribution is -0.0163. The molecule has 102 valence electrons. The lowest BCUT2D eigenvalue weighted by Crippen LogP contribution is -2.48. The molecule has 0 aromatic heterocycles. The maximum atomic E-state index is 5.74. The molecule has 0 bridgehead atoms. The molecule has 1 rings (SSSR count). The average molecular weight is 270 g/mol. The molecule has 0 radical (unpaired) electrons. The van der Waals surface area contributed by atoms with Crippen LogP contribution >= 0.6 is 0 Å². The smallest absolute Gasteiger partial charge is 0.355 e. The van der Waals surface area contributed by atoms with Crippen molar-refractivity contribution in [2.24, 2.45) is 0 Å². The van der Waals surface area contributed by atoms with E-state index in [9.17, 15) is 0 Å². The molecule has 5 heteroatoms. The van der Waals surface area contributed by atoms with Crippen LogP contribution in [-0.4, -0.2) is 36.0 Å². The topological polar surface area (TPSA) is 36.9 Å². The monoisotopic (exact) mass is 270 g/mol. The van der Waals surface area contributed by atoms with Crippen LogP contribution in [-0.2, 0) is 24.1 Å². The van der Waals surface area contributed by atoms with Gasteiger partial charge in [0, 0.05) is 26.9 Å². The molecule has 0 amide bonds. The first-order valence-corrected chi connectivity index (χ1v) is 7.90. The summed E-state index contributed by atoms with van der Waals surface area (Å²) in [6.07, 6.45) is 0.819. The zero-order valence-electron chi connectivity index (χ0n) is 11.3. The molecule has 0 heterocycles. The molecule has 1 aromatic carbocycles. The van der Waals surface area contributed by atoms with Gasteiger partial charge in [-0.3, -0.25) is 0 Å². The third kappa shape index (κ3) is 4.87. The fourth-order valence-electron chi connectivity index (χ4n) is 1.59. The summed E-state index contributed by atoms with van der Waals surface area (Å²) in [5, 5.41) is 0. The quantitative estimate of drug-likeness (QED) is 0.646. The van der Waals surface area contributed by atoms with Gasteiger partial charge >= 0.3 is 9.05 Å². The van der Waals surface area contributed by atoms with E-state index in [0.717, 1.165) is 6.42 Å². The molecule has 0 N–H and O–H groups in total. The van der Waals surface area contributed by atoms with Crippen molar-refractivity contribution in [1.29, 1.82) is 0 Å². The Kier molecular flexibility index (Phi) is 7.15. The average Bonchev–Trinajstić information content (AvgIpc) is 2.40. The predicted molar refractivity (Wildman–Crippen MR) is 72.1 cm³/mol. The fraction of sp³-hybridized carbons (Fsp3) is 0.538. The Morgan fingerprint density at radius 3 is 2.06 bits per heavy atom. The van der Waals surface area contributed by atoms with Gasteiger partial charge in [0.15, 0.2) is 0 Å². The first kappa shape index (κ1) is 15.3. The van der Waals surface area contributed by atoms with Gasteiger partial charge in [-0.15, -0.1) is 0 Å². The van der Waals surface area contributed by atoms with E-state index >= 15 is 0 Å². The minimum Gasteiger partial charge on any atom is -0.355 e. The van der Waals surface area contributed by atoms with Gasteiger partial charge in [-0.05, 0) is 25.8 Å². The largest absolute Gasteiger partial charge is 0.679 e. The van der Waals surface area contributed by atoms with Crippen molar-refractivity contribution >= 4 is 9.05 Å². The molecule has 0 unspecified atom stereocenters. The predicted octanol–water partition coefficient (Wildman–Crippen LogP) is 2.40. The summed E-state index contributed by atoms with van der Waals surface area (Å²) in [6.45, 7) is 5.38. The first-order valence-electron chi connectivity index (χ1n) is 6.27. The summed E-state index contributed by atoms with van der Waals surface area (Å²) in [6, 6.07) is 10.2. The maximum absolute atomic E-state index is 5.74. The second-order valence-electron chi connectivity index (χ2n) is 3.65. The van der Waals surface area contributed by atoms with E-state index in [1.807, 2.05) is 32.0 Å². The lowest BCUT2D eigenvalue weighted by atomic mass is 10.2. The molecule has 18 heavy (non-hydrogen) atoms. The van der Waals surface area contributed by atoms with Crippen molar-refractivity contribution in [3.63, 3.8) is 0 Å². The summed E-state index contributed by atoms with van der Waals surface area (Å²) in [5.41, 5.74) is 1.23. The summed E-state index contributed by atoms with van der Waals surface area (Å²) in [7, 11) is -1.35. The zero-order chi connectivity index (χ0) is 13.3. The minimum atomic E-state index is -2.92. The van der Waals surface area contributed by atoms with Crippen LogP contribution in [0.25, 0.3) is 0 Å². The number of hydrogen-bond donors (Lipinski definition) is 0. The van der Waals surface area contributed by atoms with Gasteiger partial charge in [-0.2, -0.15) is 0 Å². The standard InChI is InChI=1S/C13H22O4Si/c1-4-15-18(14-3,16-5-2)17-12-11-13-9-7-6-8-10-13/h6-10H,4-5,11-12H2,1-3H3. The Bertz CT molecular complexity index is 312. The van der Waals surface area contributed by atoms with E-state index in [-0.39, 0.29) is 0 Å². The normalized spacial score (nSPS) is 11.7. The second kappa shape index (κ2) is 8.39. The van der Waals surface area contributed by atoms with E-state index in [0.29, 0.717) is 19.8 Å². The van der Waals surface area contributed by atoms with Gasteiger partial charge in [0.25, 0.3) is 0 Å². The van der Waals surface area contributed by atoms with Crippen LogP contribution in [0.5, 0.6) is 0 Å². The highest BCUT2D eigenvalue weighted by molar-refractivity contribution is 6.53. The van der Waals surface area contributed by atoms with Gasteiger partial charge in [-0.1, -0.05) is 30.3 Å². The number of benzene rings is 1. The van der Waals surface area contributed by atoms with Crippen LogP contribution in [0.4, 0.5) is 0 Å². The number of hydrogen-bond acceptors (Lipinski definition) is 4. The SMILES string of the molecule is CCO[Si](OC)(OCC)OCCc1ccccc1. The molecule has 0 saturated heterocycles. The molecule has 0 atom stereocenters. The van der Waals surface area contributed by atoms with Crippen LogP contribution in [0.15, 0.2) is 30.3 Å². The third-order valence-corrected chi connectivity index (χ3v) is 4.75. The second-order valence-corrected chi connectivity index (χ2v) is 5.93. The Morgan fingerprint density at radius 2 is 1.56 bits per heavy atom. The van der Waals surface area contributed by atoms with Gasteiger partial charge in [-0.25, -0.2) is 0 Å². The first-order chi connectivity index (χ1) is 8.76. The van der Waals surface area contributed by atoms with E-state index in [1.54, 1.807) is 7.11 Å². The fourth-order valence-corrected chi connectivity index (χ4v) is 3.26. The van der Waals surface area contributed by atoms with Gasteiger partial charge in [0.2, 0.25) is 0 Å². The summed E-state index contributed by atoms with van der Waals surface area (Å²) < 4.78 is 22.1. The lowest BCUT2D eigenvalue weighted by Gasteiger charge is -2.25. The van der Waals surface area contributed by atoms with Crippen LogP contribution in [0.3, 0.4) is 0 Å². The maximum Gasteiger partial charge on any atom is 0.679 e.